The maximum Gasteiger partial charge on any atom is 0.203 e. The van der Waals surface area contributed by atoms with Crippen molar-refractivity contribution >= 4 is 5.95 Å². The van der Waals surface area contributed by atoms with E-state index >= 15 is 0 Å². The molecule has 0 bridgehead atoms. The van der Waals surface area contributed by atoms with Gasteiger partial charge in [-0.1, -0.05) is 39.0 Å². The average molecular weight is 275 g/mol. The highest BCUT2D eigenvalue weighted by atomic mass is 15.2. The Morgan fingerprint density at radius 1 is 1.15 bits per heavy atom. The Hall–Kier alpha value is -0.990. The molecule has 2 fully saturated rings. The zero-order chi connectivity index (χ0) is 13.9. The van der Waals surface area contributed by atoms with Crippen molar-refractivity contribution in [1.29, 1.82) is 0 Å². The van der Waals surface area contributed by atoms with E-state index in [9.17, 15) is 0 Å². The molecule has 2 aliphatic carbocycles. The molecule has 2 atom stereocenters. The van der Waals surface area contributed by atoms with Crippen LogP contribution in [0, 0.1) is 12.8 Å². The SMILES string of the molecule is CCC1CCCCC1n1cc(C)nc1NC1CCCC1. The molecule has 0 aliphatic heterocycles. The van der Waals surface area contributed by atoms with E-state index in [-0.39, 0.29) is 0 Å². The van der Waals surface area contributed by atoms with Crippen LogP contribution in [-0.4, -0.2) is 15.6 Å². The Bertz CT molecular complexity index is 431. The first-order valence-electron chi connectivity index (χ1n) is 8.60. The van der Waals surface area contributed by atoms with Crippen molar-refractivity contribution in [1.82, 2.24) is 9.55 Å². The standard InChI is InChI=1S/C17H29N3/c1-3-14-8-4-7-11-16(14)20-12-13(2)18-17(20)19-15-9-5-6-10-15/h12,14-16H,3-11H2,1-2H3,(H,18,19). The Kier molecular flexibility index (Phi) is 4.32. The summed E-state index contributed by atoms with van der Waals surface area (Å²) in [5, 5.41) is 3.72. The van der Waals surface area contributed by atoms with Crippen LogP contribution >= 0.6 is 0 Å². The van der Waals surface area contributed by atoms with E-state index in [2.05, 4.69) is 29.9 Å². The van der Waals surface area contributed by atoms with Crippen LogP contribution in [0.25, 0.3) is 0 Å². The van der Waals surface area contributed by atoms with Gasteiger partial charge in [0.05, 0.1) is 5.69 Å². The van der Waals surface area contributed by atoms with Crippen molar-refractivity contribution in [2.24, 2.45) is 5.92 Å². The van der Waals surface area contributed by atoms with Crippen molar-refractivity contribution < 1.29 is 0 Å². The Morgan fingerprint density at radius 3 is 2.60 bits per heavy atom. The lowest BCUT2D eigenvalue weighted by atomic mass is 9.83. The summed E-state index contributed by atoms with van der Waals surface area (Å²) < 4.78 is 2.47. The third-order valence-electron chi connectivity index (χ3n) is 5.29. The van der Waals surface area contributed by atoms with Crippen LogP contribution in [0.1, 0.15) is 76.4 Å². The van der Waals surface area contributed by atoms with Gasteiger partial charge in [-0.2, -0.15) is 0 Å². The number of hydrogen-bond acceptors (Lipinski definition) is 2. The van der Waals surface area contributed by atoms with E-state index < -0.39 is 0 Å². The second-order valence-corrected chi connectivity index (χ2v) is 6.76. The molecule has 1 heterocycles. The molecule has 3 heteroatoms. The molecular formula is C17H29N3. The van der Waals surface area contributed by atoms with Gasteiger partial charge in [-0.05, 0) is 38.5 Å². The molecule has 2 aliphatic rings. The summed E-state index contributed by atoms with van der Waals surface area (Å²) in [6, 6.07) is 1.32. The third-order valence-corrected chi connectivity index (χ3v) is 5.29. The number of nitrogens with one attached hydrogen (secondary N) is 1. The van der Waals surface area contributed by atoms with Gasteiger partial charge >= 0.3 is 0 Å². The molecule has 1 aromatic rings. The highest BCUT2D eigenvalue weighted by Crippen LogP contribution is 2.38. The second kappa shape index (κ2) is 6.19. The van der Waals surface area contributed by atoms with Crippen molar-refractivity contribution in [2.75, 3.05) is 5.32 Å². The monoisotopic (exact) mass is 275 g/mol. The molecule has 1 aromatic heterocycles. The van der Waals surface area contributed by atoms with Crippen LogP contribution in [0.15, 0.2) is 6.20 Å². The van der Waals surface area contributed by atoms with E-state index in [4.69, 9.17) is 4.98 Å². The Labute approximate surface area is 123 Å². The lowest BCUT2D eigenvalue weighted by molar-refractivity contribution is 0.234. The zero-order valence-corrected chi connectivity index (χ0v) is 13.1. The minimum absolute atomic E-state index is 0.652. The molecule has 2 saturated carbocycles. The molecule has 0 spiro atoms. The first-order chi connectivity index (χ1) is 9.78. The molecule has 1 N–H and O–H groups in total. The van der Waals surface area contributed by atoms with Crippen LogP contribution < -0.4 is 5.32 Å². The quantitative estimate of drug-likeness (QED) is 0.864. The molecular weight excluding hydrogens is 246 g/mol. The van der Waals surface area contributed by atoms with Gasteiger partial charge in [0.2, 0.25) is 5.95 Å². The number of aryl methyl sites for hydroxylation is 1. The van der Waals surface area contributed by atoms with Gasteiger partial charge in [0.15, 0.2) is 0 Å². The molecule has 20 heavy (non-hydrogen) atoms. The summed E-state index contributed by atoms with van der Waals surface area (Å²) in [4.78, 5) is 4.77. The largest absolute Gasteiger partial charge is 0.353 e. The van der Waals surface area contributed by atoms with Gasteiger partial charge in [-0.25, -0.2) is 4.98 Å². The molecule has 0 amide bonds. The predicted molar refractivity (Wildman–Crippen MR) is 84.1 cm³/mol. The van der Waals surface area contributed by atoms with E-state index in [1.807, 2.05) is 0 Å². The van der Waals surface area contributed by atoms with Crippen LogP contribution in [0.5, 0.6) is 0 Å². The molecule has 0 radical (unpaired) electrons. The normalized spacial score (nSPS) is 27.9. The third kappa shape index (κ3) is 2.87. The lowest BCUT2D eigenvalue weighted by Gasteiger charge is -2.33. The highest BCUT2D eigenvalue weighted by molar-refractivity contribution is 5.31. The second-order valence-electron chi connectivity index (χ2n) is 6.76. The fourth-order valence-electron chi connectivity index (χ4n) is 4.16. The summed E-state index contributed by atoms with van der Waals surface area (Å²) in [6.45, 7) is 4.47. The number of rotatable bonds is 4. The minimum atomic E-state index is 0.652. The summed E-state index contributed by atoms with van der Waals surface area (Å²) in [5.74, 6) is 1.97. The fourth-order valence-corrected chi connectivity index (χ4v) is 4.16. The molecule has 112 valence electrons. The maximum absolute atomic E-state index is 4.77. The number of aromatic nitrogens is 2. The fraction of sp³-hybridized carbons (Fsp3) is 0.824. The van der Waals surface area contributed by atoms with Crippen LogP contribution in [-0.2, 0) is 0 Å². The summed E-state index contributed by atoms with van der Waals surface area (Å²) in [6.07, 6.45) is 14.4. The molecule has 3 nitrogen and oxygen atoms in total. The molecule has 3 rings (SSSR count). The van der Waals surface area contributed by atoms with Crippen molar-refractivity contribution in [3.63, 3.8) is 0 Å². The van der Waals surface area contributed by atoms with Gasteiger partial charge in [-0.15, -0.1) is 0 Å². The number of anilines is 1. The van der Waals surface area contributed by atoms with Crippen molar-refractivity contribution in [2.45, 2.75) is 83.7 Å². The minimum Gasteiger partial charge on any atom is -0.353 e. The Balaban J connectivity index is 1.80. The van der Waals surface area contributed by atoms with Gasteiger partial charge in [0.25, 0.3) is 0 Å². The van der Waals surface area contributed by atoms with E-state index in [1.54, 1.807) is 0 Å². The zero-order valence-electron chi connectivity index (χ0n) is 13.1. The maximum atomic E-state index is 4.77. The van der Waals surface area contributed by atoms with Gasteiger partial charge in [-0.3, -0.25) is 0 Å². The van der Waals surface area contributed by atoms with Gasteiger partial charge < -0.3 is 9.88 Å². The van der Waals surface area contributed by atoms with Crippen molar-refractivity contribution in [3.8, 4) is 0 Å². The van der Waals surface area contributed by atoms with E-state index in [0.717, 1.165) is 17.6 Å². The first-order valence-corrected chi connectivity index (χ1v) is 8.60. The number of nitrogens with zero attached hydrogens (tertiary/aromatic N) is 2. The number of hydrogen-bond donors (Lipinski definition) is 1. The molecule has 0 saturated heterocycles. The topological polar surface area (TPSA) is 29.9 Å². The lowest BCUT2D eigenvalue weighted by Crippen LogP contribution is -2.26. The highest BCUT2D eigenvalue weighted by Gasteiger charge is 2.28. The summed E-state index contributed by atoms with van der Waals surface area (Å²) in [7, 11) is 0. The predicted octanol–water partition coefficient (Wildman–Crippen LogP) is 4.69. The average Bonchev–Trinajstić information content (AvgIpc) is 3.09. The number of imidazole rings is 1. The smallest absolute Gasteiger partial charge is 0.203 e. The summed E-state index contributed by atoms with van der Waals surface area (Å²) in [5.41, 5.74) is 1.16. The van der Waals surface area contributed by atoms with Crippen LogP contribution in [0.3, 0.4) is 0 Å². The molecule has 2 unspecified atom stereocenters. The summed E-state index contributed by atoms with van der Waals surface area (Å²) >= 11 is 0. The van der Waals surface area contributed by atoms with E-state index in [1.165, 1.54) is 57.8 Å². The van der Waals surface area contributed by atoms with Crippen LogP contribution in [0.4, 0.5) is 5.95 Å². The van der Waals surface area contributed by atoms with Gasteiger partial charge in [0, 0.05) is 18.3 Å². The first kappa shape index (κ1) is 14.0. The Morgan fingerprint density at radius 2 is 1.85 bits per heavy atom. The van der Waals surface area contributed by atoms with Crippen LogP contribution in [0.2, 0.25) is 0 Å². The van der Waals surface area contributed by atoms with Gasteiger partial charge in [0.1, 0.15) is 0 Å². The molecule has 0 aromatic carbocycles. The van der Waals surface area contributed by atoms with Crippen molar-refractivity contribution in [3.05, 3.63) is 11.9 Å². The van der Waals surface area contributed by atoms with E-state index in [0.29, 0.717) is 12.1 Å².